The van der Waals surface area contributed by atoms with Crippen molar-refractivity contribution in [2.45, 2.75) is 37.8 Å². The van der Waals surface area contributed by atoms with Crippen LogP contribution in [0.1, 0.15) is 47.8 Å². The molecule has 1 saturated carbocycles. The first-order valence-corrected chi connectivity index (χ1v) is 10.1. The van der Waals surface area contributed by atoms with Crippen LogP contribution in [0.5, 0.6) is 0 Å². The van der Waals surface area contributed by atoms with Crippen molar-refractivity contribution in [3.8, 4) is 0 Å². The Balaban J connectivity index is 1.64. The topological polar surface area (TPSA) is 70.8 Å². The number of aliphatic hydroxyl groups is 1. The quantitative estimate of drug-likeness (QED) is 0.614. The maximum atomic E-state index is 14.8. The van der Waals surface area contributed by atoms with Crippen molar-refractivity contribution in [1.82, 2.24) is 4.90 Å². The van der Waals surface area contributed by atoms with E-state index in [9.17, 15) is 19.1 Å². The molecule has 2 aromatic carbocycles. The van der Waals surface area contributed by atoms with E-state index in [1.807, 2.05) is 12.1 Å². The number of hydrogen-bond acceptors (Lipinski definition) is 4. The molecule has 0 radical (unpaired) electrons. The zero-order chi connectivity index (χ0) is 20.8. The Morgan fingerprint density at radius 2 is 1.77 bits per heavy atom. The number of carbonyl (C=O) groups is 2. The fourth-order valence-corrected chi connectivity index (χ4v) is 4.64. The maximum absolute atomic E-state index is 14.8. The minimum atomic E-state index is -0.984. The first-order valence-electron chi connectivity index (χ1n) is 10.1. The van der Waals surface area contributed by atoms with Gasteiger partial charge in [0.2, 0.25) is 5.78 Å². The Hall–Kier alpha value is -3.41. The average Bonchev–Trinajstić information content (AvgIpc) is 3.47. The summed E-state index contributed by atoms with van der Waals surface area (Å²) in [6.07, 6.45) is 3.42. The number of benzene rings is 2. The number of Topliss-reactive ketones (excluding diaryl/α,β-unsaturated/α-hetero) is 1. The highest BCUT2D eigenvalue weighted by Crippen LogP contribution is 2.44. The molecule has 1 atom stereocenters. The second-order valence-corrected chi connectivity index (χ2v) is 7.81. The molecule has 2 aliphatic rings. The number of carbonyl (C=O) groups excluding carboxylic acids is 2. The summed E-state index contributed by atoms with van der Waals surface area (Å²) in [5, 5.41) is 11.5. The minimum Gasteiger partial charge on any atom is -0.503 e. The van der Waals surface area contributed by atoms with Gasteiger partial charge in [-0.1, -0.05) is 49.2 Å². The summed E-state index contributed by atoms with van der Waals surface area (Å²) >= 11 is 0. The van der Waals surface area contributed by atoms with Crippen LogP contribution in [0.3, 0.4) is 0 Å². The highest BCUT2D eigenvalue weighted by molar-refractivity contribution is 6.16. The zero-order valence-corrected chi connectivity index (χ0v) is 16.2. The van der Waals surface area contributed by atoms with Crippen LogP contribution in [0.2, 0.25) is 0 Å². The normalized spacial score (nSPS) is 20.0. The third-order valence-corrected chi connectivity index (χ3v) is 6.06. The number of ketones is 1. The molecule has 1 fully saturated rings. The lowest BCUT2D eigenvalue weighted by Crippen LogP contribution is -2.39. The molecule has 30 heavy (non-hydrogen) atoms. The van der Waals surface area contributed by atoms with E-state index in [4.69, 9.17) is 4.42 Å². The van der Waals surface area contributed by atoms with Crippen molar-refractivity contribution in [3.63, 3.8) is 0 Å². The number of rotatable bonds is 4. The van der Waals surface area contributed by atoms with Gasteiger partial charge < -0.3 is 14.4 Å². The predicted octanol–water partition coefficient (Wildman–Crippen LogP) is 5.09. The van der Waals surface area contributed by atoms with Gasteiger partial charge in [-0.15, -0.1) is 0 Å². The molecule has 1 aliphatic carbocycles. The van der Waals surface area contributed by atoms with E-state index in [0.29, 0.717) is 5.58 Å². The van der Waals surface area contributed by atoms with Gasteiger partial charge >= 0.3 is 0 Å². The number of halogens is 1. The molecule has 6 heteroatoms. The Kier molecular flexibility index (Phi) is 4.42. The Morgan fingerprint density at radius 3 is 2.50 bits per heavy atom. The van der Waals surface area contributed by atoms with Gasteiger partial charge in [-0.3, -0.25) is 9.59 Å². The van der Waals surface area contributed by atoms with Crippen molar-refractivity contribution in [3.05, 3.63) is 83.1 Å². The first-order chi connectivity index (χ1) is 14.6. The van der Waals surface area contributed by atoms with E-state index >= 15 is 0 Å². The molecule has 3 aromatic rings. The fourth-order valence-electron chi connectivity index (χ4n) is 4.64. The van der Waals surface area contributed by atoms with E-state index in [1.165, 1.54) is 11.0 Å². The molecule has 2 heterocycles. The van der Waals surface area contributed by atoms with E-state index < -0.39 is 29.3 Å². The van der Waals surface area contributed by atoms with E-state index in [-0.39, 0.29) is 22.9 Å². The summed E-state index contributed by atoms with van der Waals surface area (Å²) in [6, 6.07) is 13.7. The SMILES string of the molecule is O=C(C1=C(O)C(=O)N(C2CCCC2)C1c1ccccc1F)c1cc2ccccc2o1. The number of nitrogens with zero attached hydrogens (tertiary/aromatic N) is 1. The molecule has 5 rings (SSSR count). The molecule has 0 bridgehead atoms. The van der Waals surface area contributed by atoms with Crippen LogP contribution in [0, 0.1) is 5.82 Å². The number of hydrogen-bond donors (Lipinski definition) is 1. The van der Waals surface area contributed by atoms with Crippen molar-refractivity contribution in [2.24, 2.45) is 0 Å². The molecule has 1 aromatic heterocycles. The maximum Gasteiger partial charge on any atom is 0.290 e. The summed E-state index contributed by atoms with van der Waals surface area (Å²) in [5.41, 5.74) is 0.595. The molecular formula is C24H20FNO4. The van der Waals surface area contributed by atoms with Crippen LogP contribution < -0.4 is 0 Å². The molecular weight excluding hydrogens is 385 g/mol. The highest BCUT2D eigenvalue weighted by Gasteiger charge is 2.48. The van der Waals surface area contributed by atoms with Gasteiger partial charge in [-0.25, -0.2) is 4.39 Å². The minimum absolute atomic E-state index is 0.0140. The molecule has 1 aliphatic heterocycles. The zero-order valence-electron chi connectivity index (χ0n) is 16.2. The van der Waals surface area contributed by atoms with Crippen LogP contribution >= 0.6 is 0 Å². The standard InChI is InChI=1S/C24H20FNO4/c25-17-11-5-4-10-16(17)21-20(23(28)24(29)26(21)15-8-2-3-9-15)22(27)19-13-14-7-1-6-12-18(14)30-19/h1,4-7,10-13,15,21,28H,2-3,8-9H2. The van der Waals surface area contributed by atoms with E-state index in [1.54, 1.807) is 36.4 Å². The van der Waals surface area contributed by atoms with Crippen LogP contribution in [0.4, 0.5) is 4.39 Å². The monoisotopic (exact) mass is 405 g/mol. The van der Waals surface area contributed by atoms with Crippen LogP contribution in [0.25, 0.3) is 11.0 Å². The first kappa shape index (κ1) is 18.6. The highest BCUT2D eigenvalue weighted by atomic mass is 19.1. The summed E-state index contributed by atoms with van der Waals surface area (Å²) in [4.78, 5) is 27.9. The molecule has 1 unspecified atom stereocenters. The van der Waals surface area contributed by atoms with E-state index in [0.717, 1.165) is 31.1 Å². The lowest BCUT2D eigenvalue weighted by molar-refractivity contribution is -0.131. The number of amides is 1. The summed E-state index contributed by atoms with van der Waals surface area (Å²) in [7, 11) is 0. The van der Waals surface area contributed by atoms with Crippen molar-refractivity contribution in [2.75, 3.05) is 0 Å². The molecule has 0 spiro atoms. The Bertz CT molecular complexity index is 1160. The van der Waals surface area contributed by atoms with Gasteiger partial charge in [0.1, 0.15) is 11.4 Å². The number of furan rings is 1. The Labute approximate surface area is 172 Å². The second kappa shape index (κ2) is 7.13. The van der Waals surface area contributed by atoms with Crippen LogP contribution in [-0.2, 0) is 4.79 Å². The van der Waals surface area contributed by atoms with Crippen LogP contribution in [0.15, 0.2) is 70.3 Å². The van der Waals surface area contributed by atoms with Gasteiger partial charge in [0.25, 0.3) is 5.91 Å². The predicted molar refractivity (Wildman–Crippen MR) is 108 cm³/mol. The molecule has 0 saturated heterocycles. The Morgan fingerprint density at radius 1 is 1.07 bits per heavy atom. The lowest BCUT2D eigenvalue weighted by Gasteiger charge is -2.32. The largest absolute Gasteiger partial charge is 0.503 e. The summed E-state index contributed by atoms with van der Waals surface area (Å²) in [5.74, 6) is -2.37. The molecule has 1 amide bonds. The van der Waals surface area contributed by atoms with Gasteiger partial charge in [-0.05, 0) is 31.0 Å². The van der Waals surface area contributed by atoms with Gasteiger partial charge in [0.15, 0.2) is 11.5 Å². The van der Waals surface area contributed by atoms with Crippen molar-refractivity contribution in [1.29, 1.82) is 0 Å². The summed E-state index contributed by atoms with van der Waals surface area (Å²) < 4.78 is 20.5. The smallest absolute Gasteiger partial charge is 0.290 e. The number of fused-ring (bicyclic) bond motifs is 1. The van der Waals surface area contributed by atoms with Gasteiger partial charge in [0, 0.05) is 17.0 Å². The van der Waals surface area contributed by atoms with Crippen molar-refractivity contribution < 1.29 is 23.5 Å². The number of para-hydroxylation sites is 1. The molecule has 5 nitrogen and oxygen atoms in total. The average molecular weight is 405 g/mol. The molecule has 152 valence electrons. The fraction of sp³-hybridized carbons (Fsp3) is 0.250. The van der Waals surface area contributed by atoms with Crippen LogP contribution in [-0.4, -0.2) is 27.7 Å². The third-order valence-electron chi connectivity index (χ3n) is 6.06. The summed E-state index contributed by atoms with van der Waals surface area (Å²) in [6.45, 7) is 0. The second-order valence-electron chi connectivity index (χ2n) is 7.81. The van der Waals surface area contributed by atoms with E-state index in [2.05, 4.69) is 0 Å². The van der Waals surface area contributed by atoms with Crippen molar-refractivity contribution >= 4 is 22.7 Å². The van der Waals surface area contributed by atoms with Gasteiger partial charge in [0.05, 0.1) is 11.6 Å². The lowest BCUT2D eigenvalue weighted by atomic mass is 9.93. The van der Waals surface area contributed by atoms with Gasteiger partial charge in [-0.2, -0.15) is 0 Å². The number of aliphatic hydroxyl groups excluding tert-OH is 1. The third kappa shape index (κ3) is 2.83. The molecule has 1 N–H and O–H groups in total.